The Bertz CT molecular complexity index is 1010. The van der Waals surface area contributed by atoms with Crippen LogP contribution in [0, 0.1) is 0 Å². The van der Waals surface area contributed by atoms with E-state index in [2.05, 4.69) is 0 Å². The molecule has 2 aromatic carbocycles. The molecular weight excluding hydrogens is 374 g/mol. The number of sulfonamides is 1. The van der Waals surface area contributed by atoms with E-state index in [4.69, 9.17) is 4.74 Å². The van der Waals surface area contributed by atoms with Crippen molar-refractivity contribution < 1.29 is 17.9 Å². The average Bonchev–Trinajstić information content (AvgIpc) is 3.14. The summed E-state index contributed by atoms with van der Waals surface area (Å²) in [6.07, 6.45) is 4.56. The molecule has 5 nitrogen and oxygen atoms in total. The van der Waals surface area contributed by atoms with Crippen molar-refractivity contribution in [2.75, 3.05) is 7.11 Å². The quantitative estimate of drug-likeness (QED) is 0.706. The normalized spacial score (nSPS) is 14.7. The summed E-state index contributed by atoms with van der Waals surface area (Å²) in [7, 11) is -2.35. The standard InChI is InChI=1S/C22H23NO4S/c1-3-21(20-10-7-11-22(20)24)23(16-17-8-5-4-6-9-17)28(25,26)19-14-12-18(27-2)13-15-19/h3-6,8-10,12-15H,7,11,16H2,1-2H3/b21-3+. The number of Topliss-reactive ketones (excluding diaryl/α,β-unsaturated/α-hetero) is 1. The molecule has 0 amide bonds. The van der Waals surface area contributed by atoms with Crippen LogP contribution >= 0.6 is 0 Å². The van der Waals surface area contributed by atoms with Crippen molar-refractivity contribution in [1.82, 2.24) is 4.31 Å². The molecule has 0 unspecified atom stereocenters. The zero-order chi connectivity index (χ0) is 20.1. The van der Waals surface area contributed by atoms with Crippen LogP contribution < -0.4 is 4.74 Å². The Morgan fingerprint density at radius 3 is 2.32 bits per heavy atom. The Morgan fingerprint density at radius 2 is 1.79 bits per heavy atom. The van der Waals surface area contributed by atoms with Crippen molar-refractivity contribution in [3.8, 4) is 5.75 Å². The monoisotopic (exact) mass is 397 g/mol. The van der Waals surface area contributed by atoms with Gasteiger partial charge in [-0.05, 0) is 43.2 Å². The molecule has 146 valence electrons. The molecule has 1 aliphatic rings. The van der Waals surface area contributed by atoms with Gasteiger partial charge in [0.25, 0.3) is 10.0 Å². The minimum absolute atomic E-state index is 0.0314. The molecule has 0 fully saturated rings. The molecule has 0 spiro atoms. The molecule has 1 aliphatic carbocycles. The maximum atomic E-state index is 13.5. The fourth-order valence-electron chi connectivity index (χ4n) is 3.20. The second-order valence-electron chi connectivity index (χ2n) is 6.43. The van der Waals surface area contributed by atoms with Gasteiger partial charge in [-0.3, -0.25) is 9.10 Å². The Hall–Kier alpha value is -2.86. The number of methoxy groups -OCH3 is 1. The van der Waals surface area contributed by atoms with Crippen LogP contribution in [-0.4, -0.2) is 25.6 Å². The van der Waals surface area contributed by atoms with E-state index in [1.807, 2.05) is 36.4 Å². The molecule has 28 heavy (non-hydrogen) atoms. The van der Waals surface area contributed by atoms with Crippen LogP contribution in [0.2, 0.25) is 0 Å². The molecule has 0 atom stereocenters. The lowest BCUT2D eigenvalue weighted by Crippen LogP contribution is -2.31. The highest BCUT2D eigenvalue weighted by Gasteiger charge is 2.31. The molecular formula is C22H23NO4S. The number of ether oxygens (including phenoxy) is 1. The number of carbonyl (C=O) groups is 1. The third-order valence-corrected chi connectivity index (χ3v) is 6.43. The second kappa shape index (κ2) is 8.44. The first-order chi connectivity index (χ1) is 13.5. The van der Waals surface area contributed by atoms with E-state index < -0.39 is 10.0 Å². The summed E-state index contributed by atoms with van der Waals surface area (Å²) in [4.78, 5) is 12.5. The van der Waals surface area contributed by atoms with E-state index in [9.17, 15) is 13.2 Å². The van der Waals surface area contributed by atoms with Gasteiger partial charge in [-0.15, -0.1) is 0 Å². The number of rotatable bonds is 7. The first kappa shape index (κ1) is 19.9. The Kier molecular flexibility index (Phi) is 5.99. The van der Waals surface area contributed by atoms with Crippen LogP contribution in [0.5, 0.6) is 5.75 Å². The molecule has 0 saturated heterocycles. The molecule has 3 rings (SSSR count). The van der Waals surface area contributed by atoms with Gasteiger partial charge in [0.15, 0.2) is 5.78 Å². The average molecular weight is 397 g/mol. The minimum atomic E-state index is -3.88. The first-order valence-electron chi connectivity index (χ1n) is 9.08. The van der Waals surface area contributed by atoms with Crippen molar-refractivity contribution >= 4 is 15.8 Å². The van der Waals surface area contributed by atoms with Gasteiger partial charge >= 0.3 is 0 Å². The summed E-state index contributed by atoms with van der Waals surface area (Å²) in [6, 6.07) is 15.6. The Balaban J connectivity index is 2.07. The zero-order valence-corrected chi connectivity index (χ0v) is 16.8. The highest BCUT2D eigenvalue weighted by molar-refractivity contribution is 7.89. The molecule has 0 aromatic heterocycles. The number of benzene rings is 2. The molecule has 0 radical (unpaired) electrons. The van der Waals surface area contributed by atoms with E-state index in [-0.39, 0.29) is 17.2 Å². The lowest BCUT2D eigenvalue weighted by Gasteiger charge is -2.27. The smallest absolute Gasteiger partial charge is 0.264 e. The number of nitrogens with zero attached hydrogens (tertiary/aromatic N) is 1. The zero-order valence-electron chi connectivity index (χ0n) is 16.0. The predicted molar refractivity (Wildman–Crippen MR) is 108 cm³/mol. The lowest BCUT2D eigenvalue weighted by molar-refractivity contribution is -0.114. The highest BCUT2D eigenvalue weighted by Crippen LogP contribution is 2.31. The number of hydrogen-bond acceptors (Lipinski definition) is 4. The van der Waals surface area contributed by atoms with Crippen LogP contribution in [0.15, 0.2) is 82.9 Å². The van der Waals surface area contributed by atoms with Gasteiger partial charge in [0.1, 0.15) is 5.75 Å². The minimum Gasteiger partial charge on any atom is -0.497 e. The summed E-state index contributed by atoms with van der Waals surface area (Å²) in [5.41, 5.74) is 1.72. The van der Waals surface area contributed by atoms with Gasteiger partial charge in [-0.2, -0.15) is 0 Å². The SMILES string of the molecule is C/C=C(\C1=CCCC1=O)N(Cc1ccccc1)S(=O)(=O)c1ccc(OC)cc1. The van der Waals surface area contributed by atoms with Gasteiger partial charge in [0.05, 0.1) is 24.2 Å². The largest absolute Gasteiger partial charge is 0.497 e. The maximum absolute atomic E-state index is 13.5. The third-order valence-electron chi connectivity index (χ3n) is 4.65. The lowest BCUT2D eigenvalue weighted by atomic mass is 10.1. The summed E-state index contributed by atoms with van der Waals surface area (Å²) in [6.45, 7) is 1.89. The van der Waals surface area contributed by atoms with E-state index in [0.717, 1.165) is 5.56 Å². The molecule has 0 N–H and O–H groups in total. The van der Waals surface area contributed by atoms with Gasteiger partial charge in [0.2, 0.25) is 0 Å². The summed E-state index contributed by atoms with van der Waals surface area (Å²) < 4.78 is 33.5. The van der Waals surface area contributed by atoms with Crippen molar-refractivity contribution in [2.45, 2.75) is 31.2 Å². The van der Waals surface area contributed by atoms with Gasteiger partial charge in [0, 0.05) is 12.0 Å². The van der Waals surface area contributed by atoms with Crippen LogP contribution in [0.1, 0.15) is 25.3 Å². The van der Waals surface area contributed by atoms with Crippen LogP contribution in [0.3, 0.4) is 0 Å². The maximum Gasteiger partial charge on any atom is 0.264 e. The molecule has 0 aliphatic heterocycles. The third kappa shape index (κ3) is 4.02. The van der Waals surface area contributed by atoms with Gasteiger partial charge in [-0.1, -0.05) is 42.5 Å². The summed E-state index contributed by atoms with van der Waals surface area (Å²) >= 11 is 0. The number of ketones is 1. The Morgan fingerprint density at radius 1 is 1.11 bits per heavy atom. The van der Waals surface area contributed by atoms with E-state index in [1.54, 1.807) is 25.1 Å². The van der Waals surface area contributed by atoms with Crippen molar-refractivity contribution in [2.24, 2.45) is 0 Å². The molecule has 0 heterocycles. The second-order valence-corrected chi connectivity index (χ2v) is 8.29. The first-order valence-corrected chi connectivity index (χ1v) is 10.5. The van der Waals surface area contributed by atoms with Crippen molar-refractivity contribution in [3.05, 3.63) is 83.6 Å². The summed E-state index contributed by atoms with van der Waals surface area (Å²) in [5, 5.41) is 0. The van der Waals surface area contributed by atoms with Crippen LogP contribution in [0.4, 0.5) is 0 Å². The van der Waals surface area contributed by atoms with Gasteiger partial charge in [-0.25, -0.2) is 8.42 Å². The number of carbonyl (C=O) groups excluding carboxylic acids is 1. The highest BCUT2D eigenvalue weighted by atomic mass is 32.2. The topological polar surface area (TPSA) is 63.7 Å². The molecule has 0 saturated carbocycles. The fourth-order valence-corrected chi connectivity index (χ4v) is 4.72. The van der Waals surface area contributed by atoms with Crippen molar-refractivity contribution in [3.63, 3.8) is 0 Å². The fraction of sp³-hybridized carbons (Fsp3) is 0.227. The summed E-state index contributed by atoms with van der Waals surface area (Å²) in [5.74, 6) is 0.546. The number of hydrogen-bond donors (Lipinski definition) is 0. The molecule has 6 heteroatoms. The number of allylic oxidation sites excluding steroid dienone is 3. The van der Waals surface area contributed by atoms with Crippen LogP contribution in [0.25, 0.3) is 0 Å². The van der Waals surface area contributed by atoms with E-state index >= 15 is 0 Å². The molecule has 2 aromatic rings. The van der Waals surface area contributed by atoms with Crippen LogP contribution in [-0.2, 0) is 21.4 Å². The Labute approximate surface area is 166 Å². The predicted octanol–water partition coefficient (Wildman–Crippen LogP) is 4.08. The van der Waals surface area contributed by atoms with Crippen molar-refractivity contribution in [1.29, 1.82) is 0 Å². The van der Waals surface area contributed by atoms with Gasteiger partial charge < -0.3 is 4.74 Å². The molecule has 0 bridgehead atoms. The van der Waals surface area contributed by atoms with E-state index in [1.165, 1.54) is 23.5 Å². The van der Waals surface area contributed by atoms with E-state index in [0.29, 0.717) is 29.9 Å².